The number of hydrogen-bond donors (Lipinski definition) is 1. The third kappa shape index (κ3) is 4.20. The number of hydrogen-bond acceptors (Lipinski definition) is 5. The van der Waals surface area contributed by atoms with Gasteiger partial charge >= 0.3 is 0 Å². The van der Waals surface area contributed by atoms with Crippen molar-refractivity contribution in [1.29, 1.82) is 0 Å². The normalized spacial score (nSPS) is 11.9. The van der Waals surface area contributed by atoms with Gasteiger partial charge in [-0.05, 0) is 28.8 Å². The van der Waals surface area contributed by atoms with Crippen molar-refractivity contribution < 1.29 is 8.42 Å². The molecule has 0 atom stereocenters. The van der Waals surface area contributed by atoms with Gasteiger partial charge in [-0.1, -0.05) is 13.8 Å². The first-order chi connectivity index (χ1) is 8.24. The zero-order chi connectivity index (χ0) is 13.9. The van der Waals surface area contributed by atoms with Crippen LogP contribution in [0, 0.1) is 0 Å². The van der Waals surface area contributed by atoms with Crippen LogP contribution in [-0.2, 0) is 15.6 Å². The second-order valence-corrected chi connectivity index (χ2v) is 7.38. The zero-order valence-corrected chi connectivity index (χ0v) is 13.4. The van der Waals surface area contributed by atoms with Gasteiger partial charge < -0.3 is 5.32 Å². The average Bonchev–Trinajstić information content (AvgIpc) is 2.20. The minimum atomic E-state index is -3.13. The summed E-state index contributed by atoms with van der Waals surface area (Å²) < 4.78 is 23.4. The van der Waals surface area contributed by atoms with Crippen molar-refractivity contribution in [3.8, 4) is 0 Å². The monoisotopic (exact) mass is 335 g/mol. The highest BCUT2D eigenvalue weighted by Gasteiger charge is 2.16. The summed E-state index contributed by atoms with van der Waals surface area (Å²) in [6.07, 6.45) is 1.18. The van der Waals surface area contributed by atoms with E-state index in [0.717, 1.165) is 10.2 Å². The minimum Gasteiger partial charge on any atom is -0.369 e. The summed E-state index contributed by atoms with van der Waals surface area (Å²) in [7, 11) is -3.13. The van der Waals surface area contributed by atoms with Crippen LogP contribution in [0.1, 0.15) is 38.2 Å². The predicted octanol–water partition coefficient (Wildman–Crippen LogP) is 2.34. The van der Waals surface area contributed by atoms with Crippen molar-refractivity contribution >= 4 is 31.6 Å². The molecule has 0 fully saturated rings. The molecule has 18 heavy (non-hydrogen) atoms. The zero-order valence-electron chi connectivity index (χ0n) is 11.0. The molecule has 0 spiro atoms. The molecule has 1 aromatic heterocycles. The summed E-state index contributed by atoms with van der Waals surface area (Å²) in [5, 5.41) is 3.10. The smallest absolute Gasteiger partial charge is 0.154 e. The van der Waals surface area contributed by atoms with Gasteiger partial charge in [0, 0.05) is 12.8 Å². The molecule has 102 valence electrons. The number of anilines is 1. The number of nitrogens with one attached hydrogen (secondary N) is 1. The maximum Gasteiger partial charge on any atom is 0.154 e. The van der Waals surface area contributed by atoms with Crippen LogP contribution in [0.3, 0.4) is 0 Å². The van der Waals surface area contributed by atoms with Crippen molar-refractivity contribution in [3.63, 3.8) is 0 Å². The summed E-state index contributed by atoms with van der Waals surface area (Å²) in [6, 6.07) is 0. The third-order valence-corrected chi connectivity index (χ3v) is 3.77. The van der Waals surface area contributed by atoms with Gasteiger partial charge in [-0.2, -0.15) is 0 Å². The fraction of sp³-hybridized carbons (Fsp3) is 0.636. The van der Waals surface area contributed by atoms with E-state index >= 15 is 0 Å². The molecule has 1 aromatic rings. The number of aromatic nitrogens is 2. The average molecular weight is 336 g/mol. The lowest BCUT2D eigenvalue weighted by Gasteiger charge is -2.13. The van der Waals surface area contributed by atoms with Crippen LogP contribution in [-0.4, -0.2) is 31.2 Å². The molecule has 1 heterocycles. The van der Waals surface area contributed by atoms with E-state index in [2.05, 4.69) is 31.2 Å². The molecule has 0 unspecified atom stereocenters. The van der Waals surface area contributed by atoms with Gasteiger partial charge in [0.15, 0.2) is 9.84 Å². The molecule has 5 nitrogen and oxygen atoms in total. The van der Waals surface area contributed by atoms with E-state index in [1.54, 1.807) is 0 Å². The van der Waals surface area contributed by atoms with Crippen LogP contribution in [0.25, 0.3) is 0 Å². The summed E-state index contributed by atoms with van der Waals surface area (Å²) >= 11 is 3.46. The lowest BCUT2D eigenvalue weighted by Crippen LogP contribution is -2.12. The topological polar surface area (TPSA) is 72.0 Å². The maximum atomic E-state index is 11.3. The largest absolute Gasteiger partial charge is 0.369 e. The van der Waals surface area contributed by atoms with Crippen molar-refractivity contribution in [2.24, 2.45) is 0 Å². The fourth-order valence-corrected chi connectivity index (χ4v) is 2.85. The summed E-state index contributed by atoms with van der Waals surface area (Å²) in [6.45, 7) is 6.69. The molecule has 0 aliphatic heterocycles. The van der Waals surface area contributed by atoms with Gasteiger partial charge in [0.2, 0.25) is 0 Å². The third-order valence-electron chi connectivity index (χ3n) is 2.21. The Labute approximate surface area is 116 Å². The van der Waals surface area contributed by atoms with E-state index in [-0.39, 0.29) is 11.7 Å². The van der Waals surface area contributed by atoms with Crippen LogP contribution in [0.4, 0.5) is 5.82 Å². The quantitative estimate of drug-likeness (QED) is 0.894. The van der Waals surface area contributed by atoms with Gasteiger partial charge in [-0.3, -0.25) is 0 Å². The second-order valence-electron chi connectivity index (χ2n) is 4.44. The van der Waals surface area contributed by atoms with Crippen LogP contribution in [0.15, 0.2) is 4.47 Å². The van der Waals surface area contributed by atoms with E-state index in [1.165, 1.54) is 6.26 Å². The van der Waals surface area contributed by atoms with Crippen LogP contribution >= 0.6 is 15.9 Å². The summed E-state index contributed by atoms with van der Waals surface area (Å²) in [5.74, 6) is 1.03. The highest BCUT2D eigenvalue weighted by Crippen LogP contribution is 2.29. The number of nitrogens with zero attached hydrogens (tertiary/aromatic N) is 2. The Morgan fingerprint density at radius 2 is 1.94 bits per heavy atom. The van der Waals surface area contributed by atoms with Crippen molar-refractivity contribution in [2.45, 2.75) is 32.4 Å². The summed E-state index contributed by atoms with van der Waals surface area (Å²) in [4.78, 5) is 8.57. The Morgan fingerprint density at radius 3 is 2.39 bits per heavy atom. The highest BCUT2D eigenvalue weighted by atomic mass is 79.9. The first-order valence-corrected chi connectivity index (χ1v) is 8.57. The van der Waals surface area contributed by atoms with Crippen LogP contribution in [0.2, 0.25) is 0 Å². The molecule has 0 saturated carbocycles. The molecule has 0 aliphatic rings. The van der Waals surface area contributed by atoms with Gasteiger partial charge in [-0.15, -0.1) is 0 Å². The molecule has 0 bridgehead atoms. The van der Waals surface area contributed by atoms with Crippen molar-refractivity contribution in [3.05, 3.63) is 16.0 Å². The van der Waals surface area contributed by atoms with Crippen LogP contribution < -0.4 is 5.32 Å². The van der Waals surface area contributed by atoms with Gasteiger partial charge in [0.25, 0.3) is 0 Å². The Morgan fingerprint density at radius 1 is 1.33 bits per heavy atom. The predicted molar refractivity (Wildman–Crippen MR) is 76.5 cm³/mol. The molecule has 7 heteroatoms. The van der Waals surface area contributed by atoms with E-state index in [0.29, 0.717) is 18.2 Å². The first-order valence-electron chi connectivity index (χ1n) is 5.72. The molecule has 0 saturated heterocycles. The molecule has 0 aromatic carbocycles. The Bertz CT molecular complexity index is 529. The van der Waals surface area contributed by atoms with E-state index in [9.17, 15) is 8.42 Å². The van der Waals surface area contributed by atoms with Gasteiger partial charge in [-0.25, -0.2) is 18.4 Å². The lowest BCUT2D eigenvalue weighted by molar-refractivity contribution is 0.599. The lowest BCUT2D eigenvalue weighted by atomic mass is 10.1. The fourth-order valence-electron chi connectivity index (χ4n) is 1.48. The molecule has 0 radical (unpaired) electrons. The number of rotatable bonds is 5. The van der Waals surface area contributed by atoms with Crippen LogP contribution in [0.5, 0.6) is 0 Å². The molecule has 0 amide bonds. The van der Waals surface area contributed by atoms with Gasteiger partial charge in [0.1, 0.15) is 17.4 Å². The standard InChI is InChI=1S/C11H18BrN3O2S/c1-5-13-11-9(12)10(7(2)3)14-8(15-11)6-18(4,16)17/h7H,5-6H2,1-4H3,(H,13,14,15). The van der Waals surface area contributed by atoms with Gasteiger partial charge in [0.05, 0.1) is 10.2 Å². The minimum absolute atomic E-state index is 0.140. The molecule has 0 aliphatic carbocycles. The van der Waals surface area contributed by atoms with E-state index in [4.69, 9.17) is 0 Å². The molecular weight excluding hydrogens is 318 g/mol. The molecule has 1 rings (SSSR count). The second kappa shape index (κ2) is 5.97. The molecular formula is C11H18BrN3O2S. The van der Waals surface area contributed by atoms with E-state index < -0.39 is 9.84 Å². The van der Waals surface area contributed by atoms with Crippen molar-refractivity contribution in [2.75, 3.05) is 18.1 Å². The Kier molecular flexibility index (Phi) is 5.10. The SMILES string of the molecule is CCNc1nc(CS(C)(=O)=O)nc(C(C)C)c1Br. The Balaban J connectivity index is 3.28. The van der Waals surface area contributed by atoms with Crippen molar-refractivity contribution in [1.82, 2.24) is 9.97 Å². The molecule has 1 N–H and O–H groups in total. The number of sulfone groups is 1. The maximum absolute atomic E-state index is 11.3. The summed E-state index contributed by atoms with van der Waals surface area (Å²) in [5.41, 5.74) is 0.819. The first kappa shape index (κ1) is 15.4. The Hall–Kier alpha value is -0.690. The van der Waals surface area contributed by atoms with E-state index in [1.807, 2.05) is 20.8 Å². The number of halogens is 1. The highest BCUT2D eigenvalue weighted by molar-refractivity contribution is 9.10.